The van der Waals surface area contributed by atoms with E-state index in [4.69, 9.17) is 9.47 Å². The standard InChI is InChI=1S/C21H17FINO2/c1-25-20-12-16(13-24-18-5-3-2-4-6-18)11-19(23)21(20)26-14-15-7-9-17(22)10-8-15/h2-13H,14H2,1H3. The number of methoxy groups -OCH3 is 1. The lowest BCUT2D eigenvalue weighted by Crippen LogP contribution is -2.01. The molecule has 0 saturated heterocycles. The van der Waals surface area contributed by atoms with Crippen molar-refractivity contribution < 1.29 is 13.9 Å². The molecular formula is C21H17FINO2. The Labute approximate surface area is 165 Å². The van der Waals surface area contributed by atoms with E-state index < -0.39 is 0 Å². The van der Waals surface area contributed by atoms with Crippen molar-refractivity contribution in [2.75, 3.05) is 7.11 Å². The van der Waals surface area contributed by atoms with Crippen LogP contribution in [0.2, 0.25) is 0 Å². The van der Waals surface area contributed by atoms with Crippen LogP contribution in [0.25, 0.3) is 0 Å². The van der Waals surface area contributed by atoms with Crippen LogP contribution in [0.1, 0.15) is 11.1 Å². The van der Waals surface area contributed by atoms with Crippen LogP contribution in [0.3, 0.4) is 0 Å². The average Bonchev–Trinajstić information content (AvgIpc) is 2.67. The van der Waals surface area contributed by atoms with E-state index in [1.54, 1.807) is 25.5 Å². The molecule has 132 valence electrons. The first kappa shape index (κ1) is 18.4. The Morgan fingerprint density at radius 2 is 1.77 bits per heavy atom. The van der Waals surface area contributed by atoms with Gasteiger partial charge in [-0.2, -0.15) is 0 Å². The van der Waals surface area contributed by atoms with Crippen LogP contribution in [0.5, 0.6) is 11.5 Å². The zero-order chi connectivity index (χ0) is 18.4. The summed E-state index contributed by atoms with van der Waals surface area (Å²) in [4.78, 5) is 4.46. The van der Waals surface area contributed by atoms with Crippen LogP contribution >= 0.6 is 22.6 Å². The third-order valence-corrected chi connectivity index (χ3v) is 4.47. The lowest BCUT2D eigenvalue weighted by atomic mass is 10.2. The van der Waals surface area contributed by atoms with Gasteiger partial charge < -0.3 is 9.47 Å². The van der Waals surface area contributed by atoms with Crippen molar-refractivity contribution >= 4 is 34.5 Å². The number of aliphatic imine (C=N–C) groups is 1. The Balaban J connectivity index is 1.78. The summed E-state index contributed by atoms with van der Waals surface area (Å²) in [6.45, 7) is 0.337. The second kappa shape index (κ2) is 8.80. The third-order valence-electron chi connectivity index (χ3n) is 3.67. The SMILES string of the molecule is COc1cc(C=Nc2ccccc2)cc(I)c1OCc1ccc(F)cc1. The molecule has 0 unspecified atom stereocenters. The molecule has 3 aromatic carbocycles. The molecule has 0 radical (unpaired) electrons. The van der Waals surface area contributed by atoms with Gasteiger partial charge in [0.15, 0.2) is 11.5 Å². The molecule has 0 fully saturated rings. The minimum Gasteiger partial charge on any atom is -0.493 e. The smallest absolute Gasteiger partial charge is 0.174 e. The van der Waals surface area contributed by atoms with Crippen LogP contribution in [0.15, 0.2) is 71.7 Å². The summed E-state index contributed by atoms with van der Waals surface area (Å²) in [7, 11) is 1.61. The summed E-state index contributed by atoms with van der Waals surface area (Å²) < 4.78 is 25.3. The summed E-state index contributed by atoms with van der Waals surface area (Å²) in [5.41, 5.74) is 2.70. The molecule has 0 amide bonds. The molecule has 3 nitrogen and oxygen atoms in total. The number of benzene rings is 3. The molecular weight excluding hydrogens is 444 g/mol. The number of nitrogens with zero attached hydrogens (tertiary/aromatic N) is 1. The second-order valence-electron chi connectivity index (χ2n) is 5.54. The van der Waals surface area contributed by atoms with Crippen molar-refractivity contribution in [3.8, 4) is 11.5 Å². The third kappa shape index (κ3) is 4.82. The minimum atomic E-state index is -0.261. The highest BCUT2D eigenvalue weighted by Crippen LogP contribution is 2.34. The normalized spacial score (nSPS) is 10.9. The summed E-state index contributed by atoms with van der Waals surface area (Å²) in [5, 5.41) is 0. The van der Waals surface area contributed by atoms with E-state index in [9.17, 15) is 4.39 Å². The maximum absolute atomic E-state index is 13.0. The molecule has 0 aliphatic heterocycles. The van der Waals surface area contributed by atoms with Crippen molar-refractivity contribution in [2.24, 2.45) is 4.99 Å². The van der Waals surface area contributed by atoms with Gasteiger partial charge in [-0.05, 0) is 70.1 Å². The molecule has 0 aliphatic rings. The number of halogens is 2. The molecule has 26 heavy (non-hydrogen) atoms. The van der Waals surface area contributed by atoms with Crippen molar-refractivity contribution in [3.63, 3.8) is 0 Å². The Hall–Kier alpha value is -2.41. The highest BCUT2D eigenvalue weighted by Gasteiger charge is 2.11. The van der Waals surface area contributed by atoms with Gasteiger partial charge in [0.05, 0.1) is 16.4 Å². The molecule has 3 rings (SSSR count). The maximum Gasteiger partial charge on any atom is 0.174 e. The van der Waals surface area contributed by atoms with Crippen LogP contribution in [-0.4, -0.2) is 13.3 Å². The fraction of sp³-hybridized carbons (Fsp3) is 0.0952. The monoisotopic (exact) mass is 461 g/mol. The summed E-state index contributed by atoms with van der Waals surface area (Å²) in [6, 6.07) is 19.9. The molecule has 0 spiro atoms. The zero-order valence-corrected chi connectivity index (χ0v) is 16.3. The molecule has 5 heteroatoms. The molecule has 0 bridgehead atoms. The molecule has 0 aliphatic carbocycles. The molecule has 3 aromatic rings. The fourth-order valence-electron chi connectivity index (χ4n) is 2.35. The van der Waals surface area contributed by atoms with Gasteiger partial charge in [0.1, 0.15) is 12.4 Å². The first-order valence-corrected chi connectivity index (χ1v) is 9.07. The van der Waals surface area contributed by atoms with Crippen molar-refractivity contribution in [2.45, 2.75) is 6.61 Å². The van der Waals surface area contributed by atoms with Gasteiger partial charge in [0.2, 0.25) is 0 Å². The van der Waals surface area contributed by atoms with E-state index in [1.165, 1.54) is 12.1 Å². The minimum absolute atomic E-state index is 0.261. The summed E-state index contributed by atoms with van der Waals surface area (Å²) >= 11 is 2.21. The highest BCUT2D eigenvalue weighted by atomic mass is 127. The van der Waals surface area contributed by atoms with E-state index in [0.29, 0.717) is 18.1 Å². The second-order valence-corrected chi connectivity index (χ2v) is 6.71. The van der Waals surface area contributed by atoms with E-state index >= 15 is 0 Å². The van der Waals surface area contributed by atoms with Gasteiger partial charge >= 0.3 is 0 Å². The molecule has 0 atom stereocenters. The lowest BCUT2D eigenvalue weighted by Gasteiger charge is -2.13. The van der Waals surface area contributed by atoms with E-state index in [0.717, 1.165) is 20.4 Å². The van der Waals surface area contributed by atoms with Gasteiger partial charge in [0, 0.05) is 6.21 Å². The van der Waals surface area contributed by atoms with Crippen LogP contribution in [-0.2, 0) is 6.61 Å². The van der Waals surface area contributed by atoms with E-state index in [1.807, 2.05) is 42.5 Å². The Morgan fingerprint density at radius 3 is 2.46 bits per heavy atom. The summed E-state index contributed by atoms with van der Waals surface area (Å²) in [5.74, 6) is 1.03. The van der Waals surface area contributed by atoms with Crippen LogP contribution in [0, 0.1) is 9.39 Å². The van der Waals surface area contributed by atoms with E-state index in [-0.39, 0.29) is 5.82 Å². The molecule has 0 saturated carbocycles. The first-order chi connectivity index (χ1) is 12.7. The van der Waals surface area contributed by atoms with Gasteiger partial charge in [0.25, 0.3) is 0 Å². The van der Waals surface area contributed by atoms with E-state index in [2.05, 4.69) is 27.6 Å². The lowest BCUT2D eigenvalue weighted by molar-refractivity contribution is 0.282. The first-order valence-electron chi connectivity index (χ1n) is 7.99. The quantitative estimate of drug-likeness (QED) is 0.345. The number of rotatable bonds is 6. The largest absolute Gasteiger partial charge is 0.493 e. The maximum atomic E-state index is 13.0. The predicted molar refractivity (Wildman–Crippen MR) is 110 cm³/mol. The fourth-order valence-corrected chi connectivity index (χ4v) is 3.13. The molecule has 0 heterocycles. The van der Waals surface area contributed by atoms with Crippen molar-refractivity contribution in [1.82, 2.24) is 0 Å². The number of hydrogen-bond acceptors (Lipinski definition) is 3. The Kier molecular flexibility index (Phi) is 6.22. The summed E-state index contributed by atoms with van der Waals surface area (Å²) in [6.07, 6.45) is 1.80. The van der Waals surface area contributed by atoms with Gasteiger partial charge in [-0.15, -0.1) is 0 Å². The van der Waals surface area contributed by atoms with Gasteiger partial charge in [-0.1, -0.05) is 30.3 Å². The molecule has 0 N–H and O–H groups in total. The number of hydrogen-bond donors (Lipinski definition) is 0. The van der Waals surface area contributed by atoms with Gasteiger partial charge in [-0.25, -0.2) is 4.39 Å². The number of ether oxygens (including phenoxy) is 2. The Bertz CT molecular complexity index is 896. The van der Waals surface area contributed by atoms with Gasteiger partial charge in [-0.3, -0.25) is 4.99 Å². The topological polar surface area (TPSA) is 30.8 Å². The molecule has 0 aromatic heterocycles. The zero-order valence-electron chi connectivity index (χ0n) is 14.2. The van der Waals surface area contributed by atoms with Crippen molar-refractivity contribution in [1.29, 1.82) is 0 Å². The van der Waals surface area contributed by atoms with Crippen LogP contribution in [0.4, 0.5) is 10.1 Å². The Morgan fingerprint density at radius 1 is 1.04 bits per heavy atom. The van der Waals surface area contributed by atoms with Crippen molar-refractivity contribution in [3.05, 3.63) is 87.2 Å². The predicted octanol–water partition coefficient (Wildman–Crippen LogP) is 5.77. The van der Waals surface area contributed by atoms with Crippen LogP contribution < -0.4 is 9.47 Å². The number of para-hydroxylation sites is 1. The average molecular weight is 461 g/mol. The highest BCUT2D eigenvalue weighted by molar-refractivity contribution is 14.1.